The second kappa shape index (κ2) is 11.9. The smallest absolute Gasteiger partial charge is 0.179 e. The number of rotatable bonds is 6. The second-order valence-electron chi connectivity index (χ2n) is 13.2. The molecule has 0 fully saturated rings. The number of hydrogen-bond acceptors (Lipinski definition) is 1. The first kappa shape index (κ1) is 29.5. The maximum atomic E-state index is 6.61. The van der Waals surface area contributed by atoms with E-state index in [9.17, 15) is 0 Å². The van der Waals surface area contributed by atoms with Crippen LogP contribution in [0.25, 0.3) is 60.6 Å². The molecule has 10 rings (SSSR count). The fraction of sp³-hybridized carbons (Fsp3) is 0. The van der Waals surface area contributed by atoms with Crippen molar-refractivity contribution in [3.63, 3.8) is 0 Å². The summed E-state index contributed by atoms with van der Waals surface area (Å²) in [5, 5.41) is 10.1. The highest BCUT2D eigenvalue weighted by molar-refractivity contribution is 7.19. The molecule has 0 saturated carbocycles. The summed E-state index contributed by atoms with van der Waals surface area (Å²) < 4.78 is 9.09. The molecule has 0 atom stereocenters. The molecular weight excluding hydrogens is 635 g/mol. The lowest BCUT2D eigenvalue weighted by Gasteiger charge is -2.34. The van der Waals surface area contributed by atoms with Gasteiger partial charge in [0.2, 0.25) is 0 Å². The minimum absolute atomic E-state index is 0.907. The van der Waals surface area contributed by atoms with E-state index >= 15 is 0 Å². The van der Waals surface area contributed by atoms with Gasteiger partial charge in [-0.15, -0.1) is 0 Å². The van der Waals surface area contributed by atoms with Gasteiger partial charge in [-0.3, -0.25) is 0 Å². The second-order valence-corrected chi connectivity index (χ2v) is 17.0. The van der Waals surface area contributed by atoms with Crippen molar-refractivity contribution < 1.29 is 4.42 Å². The molecule has 2 aromatic heterocycles. The molecule has 0 aliphatic rings. The van der Waals surface area contributed by atoms with E-state index in [4.69, 9.17) is 4.42 Å². The number of fused-ring (bicyclic) bond motifs is 6. The van der Waals surface area contributed by atoms with Crippen molar-refractivity contribution in [2.75, 3.05) is 0 Å². The first-order valence-corrected chi connectivity index (χ1v) is 19.5. The topological polar surface area (TPSA) is 18.1 Å². The van der Waals surface area contributed by atoms with Crippen molar-refractivity contribution in [3.05, 3.63) is 200 Å². The zero-order valence-corrected chi connectivity index (χ0v) is 28.9. The van der Waals surface area contributed by atoms with Crippen molar-refractivity contribution in [1.29, 1.82) is 0 Å². The van der Waals surface area contributed by atoms with Crippen LogP contribution in [0.15, 0.2) is 205 Å². The summed E-state index contributed by atoms with van der Waals surface area (Å²) in [5.74, 6) is 0. The van der Waals surface area contributed by atoms with Crippen LogP contribution >= 0.6 is 0 Å². The van der Waals surface area contributed by atoms with Gasteiger partial charge in [-0.2, -0.15) is 0 Å². The molecule has 3 heteroatoms. The van der Waals surface area contributed by atoms with Gasteiger partial charge in [0, 0.05) is 38.4 Å². The molecule has 0 spiro atoms. The van der Waals surface area contributed by atoms with Crippen LogP contribution < -0.4 is 20.7 Å². The molecule has 2 nitrogen and oxygen atoms in total. The molecule has 240 valence electrons. The monoisotopic (exact) mass is 667 g/mol. The average Bonchev–Trinajstić information content (AvgIpc) is 3.76. The lowest BCUT2D eigenvalue weighted by atomic mass is 9.99. The Labute approximate surface area is 297 Å². The normalized spacial score (nSPS) is 11.9. The molecule has 0 radical (unpaired) electrons. The van der Waals surface area contributed by atoms with Crippen LogP contribution in [0.2, 0.25) is 0 Å². The Balaban J connectivity index is 1.30. The average molecular weight is 668 g/mol. The number of benzene rings is 8. The Hall–Kier alpha value is -6.42. The Morgan fingerprint density at radius 2 is 0.882 bits per heavy atom. The molecule has 0 N–H and O–H groups in total. The van der Waals surface area contributed by atoms with Gasteiger partial charge < -0.3 is 8.98 Å². The molecule has 0 bridgehead atoms. The van der Waals surface area contributed by atoms with Crippen molar-refractivity contribution in [1.82, 2.24) is 4.57 Å². The lowest BCUT2D eigenvalue weighted by molar-refractivity contribution is 0.670. The minimum atomic E-state index is -2.74. The van der Waals surface area contributed by atoms with Crippen molar-refractivity contribution >= 4 is 72.6 Å². The summed E-state index contributed by atoms with van der Waals surface area (Å²) in [4.78, 5) is 0. The van der Waals surface area contributed by atoms with Gasteiger partial charge in [-0.25, -0.2) is 0 Å². The Morgan fingerprint density at radius 3 is 1.57 bits per heavy atom. The largest absolute Gasteiger partial charge is 0.455 e. The third kappa shape index (κ3) is 4.49. The first-order valence-electron chi connectivity index (χ1n) is 17.5. The third-order valence-electron chi connectivity index (χ3n) is 10.5. The highest BCUT2D eigenvalue weighted by Gasteiger charge is 2.41. The Bertz CT molecular complexity index is 2760. The van der Waals surface area contributed by atoms with Crippen LogP contribution in [0.5, 0.6) is 0 Å². The fourth-order valence-electron chi connectivity index (χ4n) is 8.41. The van der Waals surface area contributed by atoms with Gasteiger partial charge in [0.15, 0.2) is 8.07 Å². The summed E-state index contributed by atoms with van der Waals surface area (Å²) in [6, 6.07) is 73.1. The van der Waals surface area contributed by atoms with E-state index in [2.05, 4.69) is 199 Å². The summed E-state index contributed by atoms with van der Waals surface area (Å²) in [5.41, 5.74) is 7.57. The number of nitrogens with zero attached hydrogens (tertiary/aromatic N) is 1. The van der Waals surface area contributed by atoms with Crippen molar-refractivity contribution in [2.24, 2.45) is 0 Å². The molecule has 0 aliphatic carbocycles. The van der Waals surface area contributed by atoms with E-state index in [1.165, 1.54) is 42.6 Å². The zero-order chi connectivity index (χ0) is 33.8. The predicted octanol–water partition coefficient (Wildman–Crippen LogP) is 9.73. The van der Waals surface area contributed by atoms with E-state index in [-0.39, 0.29) is 0 Å². The number of para-hydroxylation sites is 4. The summed E-state index contributed by atoms with van der Waals surface area (Å²) in [6.45, 7) is 0. The Kier molecular flexibility index (Phi) is 6.86. The fourth-order valence-corrected chi connectivity index (χ4v) is 13.2. The van der Waals surface area contributed by atoms with Crippen molar-refractivity contribution in [2.45, 2.75) is 0 Å². The van der Waals surface area contributed by atoms with Crippen LogP contribution in [-0.4, -0.2) is 12.6 Å². The van der Waals surface area contributed by atoms with Gasteiger partial charge in [-0.1, -0.05) is 176 Å². The molecular formula is C48H33NOSi. The standard InChI is InChI=1S/C48H33NOSi/c1-4-18-35(19-5-1)51(36-20-6-2-7-21-36,37-22-8-3-9-23-37)38-24-14-17-34(33-38)49-45-31-12-10-25-39(45)41-27-15-28-42(47(41)49)44-30-16-29-43-40-26-11-13-32-46(40)50-48(43)44/h1-33H. The molecule has 8 aromatic carbocycles. The number of hydrogen-bond donors (Lipinski definition) is 0. The summed E-state index contributed by atoms with van der Waals surface area (Å²) in [7, 11) is -2.74. The highest BCUT2D eigenvalue weighted by Crippen LogP contribution is 2.42. The van der Waals surface area contributed by atoms with Crippen molar-refractivity contribution in [3.8, 4) is 16.8 Å². The first-order chi connectivity index (χ1) is 25.3. The van der Waals surface area contributed by atoms with Crippen LogP contribution in [0.4, 0.5) is 0 Å². The van der Waals surface area contributed by atoms with Crippen LogP contribution in [-0.2, 0) is 0 Å². The third-order valence-corrected chi connectivity index (χ3v) is 15.3. The van der Waals surface area contributed by atoms with E-state index in [0.29, 0.717) is 0 Å². The molecule has 0 saturated heterocycles. The molecule has 10 aromatic rings. The maximum Gasteiger partial charge on any atom is 0.179 e. The molecule has 0 aliphatic heterocycles. The maximum absolute atomic E-state index is 6.61. The van der Waals surface area contributed by atoms with E-state index < -0.39 is 8.07 Å². The van der Waals surface area contributed by atoms with Gasteiger partial charge in [0.05, 0.1) is 11.0 Å². The van der Waals surface area contributed by atoms with Gasteiger partial charge in [0.1, 0.15) is 11.2 Å². The summed E-state index contributed by atoms with van der Waals surface area (Å²) in [6.07, 6.45) is 0. The van der Waals surface area contributed by atoms with Gasteiger partial charge in [0.25, 0.3) is 0 Å². The number of furan rings is 1. The SMILES string of the molecule is c1ccc([Si](c2ccccc2)(c2ccccc2)c2cccc(-n3c4ccccc4c4cccc(-c5cccc6c5oc5ccccc56)c43)c2)cc1. The molecule has 51 heavy (non-hydrogen) atoms. The lowest BCUT2D eigenvalue weighted by Crippen LogP contribution is -2.74. The highest BCUT2D eigenvalue weighted by atomic mass is 28.3. The number of aromatic nitrogens is 1. The van der Waals surface area contributed by atoms with Crippen LogP contribution in [0.1, 0.15) is 0 Å². The van der Waals surface area contributed by atoms with E-state index in [1.807, 2.05) is 6.07 Å². The van der Waals surface area contributed by atoms with Crippen LogP contribution in [0.3, 0.4) is 0 Å². The van der Waals surface area contributed by atoms with E-state index in [0.717, 1.165) is 38.8 Å². The molecule has 2 heterocycles. The minimum Gasteiger partial charge on any atom is -0.455 e. The Morgan fingerprint density at radius 1 is 0.373 bits per heavy atom. The van der Waals surface area contributed by atoms with Gasteiger partial charge >= 0.3 is 0 Å². The predicted molar refractivity (Wildman–Crippen MR) is 217 cm³/mol. The zero-order valence-electron chi connectivity index (χ0n) is 27.9. The van der Waals surface area contributed by atoms with E-state index in [1.54, 1.807) is 0 Å². The molecule has 0 unspecified atom stereocenters. The summed E-state index contributed by atoms with van der Waals surface area (Å²) >= 11 is 0. The quantitative estimate of drug-likeness (QED) is 0.128. The van der Waals surface area contributed by atoms with Crippen LogP contribution in [0, 0.1) is 0 Å². The molecule has 0 amide bonds. The van der Waals surface area contributed by atoms with Gasteiger partial charge in [-0.05, 0) is 45.0 Å².